The lowest BCUT2D eigenvalue weighted by Crippen LogP contribution is -2.15. The van der Waals surface area contributed by atoms with Crippen molar-refractivity contribution in [2.24, 2.45) is 23.7 Å². The third-order valence-corrected chi connectivity index (χ3v) is 9.68. The summed E-state index contributed by atoms with van der Waals surface area (Å²) in [5.41, 5.74) is 2.01. The van der Waals surface area contributed by atoms with Gasteiger partial charge in [-0.25, -0.2) is 0 Å². The van der Waals surface area contributed by atoms with Crippen molar-refractivity contribution >= 4 is 0 Å². The van der Waals surface area contributed by atoms with Crippen LogP contribution in [-0.4, -0.2) is 6.61 Å². The van der Waals surface area contributed by atoms with E-state index >= 15 is 0 Å². The van der Waals surface area contributed by atoms with Crippen molar-refractivity contribution in [1.29, 1.82) is 10.5 Å². The van der Waals surface area contributed by atoms with Crippen LogP contribution in [0.1, 0.15) is 153 Å². The van der Waals surface area contributed by atoms with Crippen molar-refractivity contribution in [3.05, 3.63) is 28.8 Å². The number of unbranched alkanes of at least 4 members (excludes halogenated alkanes) is 4. The molecule has 0 radical (unpaired) electrons. The lowest BCUT2D eigenvalue weighted by Gasteiger charge is -2.28. The second-order valence-corrected chi connectivity index (χ2v) is 12.5. The van der Waals surface area contributed by atoms with Crippen LogP contribution in [0, 0.1) is 46.3 Å². The van der Waals surface area contributed by atoms with Crippen molar-refractivity contribution in [2.75, 3.05) is 6.61 Å². The molecule has 3 nitrogen and oxygen atoms in total. The summed E-state index contributed by atoms with van der Waals surface area (Å²) in [5, 5.41) is 19.8. The normalized spacial score (nSPS) is 23.5. The molecular formula is C35H54N2O. The monoisotopic (exact) mass is 518 g/mol. The van der Waals surface area contributed by atoms with E-state index in [1.54, 1.807) is 0 Å². The van der Waals surface area contributed by atoms with Crippen LogP contribution in [0.2, 0.25) is 0 Å². The standard InChI is InChI=1S/C35H54N2O/c1-3-5-7-10-28-13-15-30(16-14-28)12-9-25-38-35-24-23-32(33(26-36)34(35)27-37)22-21-31-19-17-29(18-20-31)11-8-6-4-2/h23-24,28-31H,3-22,25H2,1-2H3/t28-,29-,30-,31-. The van der Waals surface area contributed by atoms with Crippen LogP contribution in [0.4, 0.5) is 0 Å². The second-order valence-electron chi connectivity index (χ2n) is 12.5. The van der Waals surface area contributed by atoms with Crippen LogP contribution in [0.15, 0.2) is 12.1 Å². The van der Waals surface area contributed by atoms with E-state index in [2.05, 4.69) is 26.0 Å². The number of aryl methyl sites for hydroxylation is 1. The van der Waals surface area contributed by atoms with Crippen molar-refractivity contribution in [1.82, 2.24) is 0 Å². The molecule has 38 heavy (non-hydrogen) atoms. The summed E-state index contributed by atoms with van der Waals surface area (Å²) in [7, 11) is 0. The first-order valence-corrected chi connectivity index (χ1v) is 16.3. The van der Waals surface area contributed by atoms with Crippen LogP contribution >= 0.6 is 0 Å². The fourth-order valence-electron chi connectivity index (χ4n) is 7.09. The van der Waals surface area contributed by atoms with E-state index in [9.17, 15) is 10.5 Å². The number of ether oxygens (including phenoxy) is 1. The van der Waals surface area contributed by atoms with Crippen LogP contribution < -0.4 is 4.74 Å². The smallest absolute Gasteiger partial charge is 0.138 e. The van der Waals surface area contributed by atoms with E-state index < -0.39 is 0 Å². The number of hydrogen-bond donors (Lipinski definition) is 0. The molecule has 0 amide bonds. The van der Waals surface area contributed by atoms with Crippen molar-refractivity contribution in [3.63, 3.8) is 0 Å². The molecule has 2 fully saturated rings. The molecule has 0 spiro atoms. The van der Waals surface area contributed by atoms with Gasteiger partial charge in [0.25, 0.3) is 0 Å². The van der Waals surface area contributed by atoms with Gasteiger partial charge in [0.05, 0.1) is 12.2 Å². The molecule has 210 valence electrons. The Bertz CT molecular complexity index is 878. The highest BCUT2D eigenvalue weighted by atomic mass is 16.5. The fraction of sp³-hybridized carbons (Fsp3) is 0.771. The van der Waals surface area contributed by atoms with Gasteiger partial charge in [-0.15, -0.1) is 0 Å². The van der Waals surface area contributed by atoms with Gasteiger partial charge >= 0.3 is 0 Å². The third-order valence-electron chi connectivity index (χ3n) is 9.68. The summed E-state index contributed by atoms with van der Waals surface area (Å²) in [6.07, 6.45) is 26.2. The summed E-state index contributed by atoms with van der Waals surface area (Å²) >= 11 is 0. The first-order valence-electron chi connectivity index (χ1n) is 16.3. The topological polar surface area (TPSA) is 56.8 Å². The van der Waals surface area contributed by atoms with Crippen LogP contribution in [0.25, 0.3) is 0 Å². The average molecular weight is 519 g/mol. The Kier molecular flexibility index (Phi) is 14.1. The zero-order valence-electron chi connectivity index (χ0n) is 24.6. The molecule has 0 heterocycles. The van der Waals surface area contributed by atoms with Gasteiger partial charge in [-0.05, 0) is 61.0 Å². The van der Waals surface area contributed by atoms with Crippen LogP contribution in [-0.2, 0) is 6.42 Å². The maximum atomic E-state index is 9.90. The largest absolute Gasteiger partial charge is 0.492 e. The van der Waals surface area contributed by atoms with Gasteiger partial charge < -0.3 is 4.74 Å². The number of nitriles is 2. The molecule has 0 aromatic heterocycles. The minimum absolute atomic E-state index is 0.442. The molecule has 0 atom stereocenters. The molecule has 3 heteroatoms. The second kappa shape index (κ2) is 17.6. The minimum atomic E-state index is 0.442. The maximum absolute atomic E-state index is 9.90. The van der Waals surface area contributed by atoms with Gasteiger partial charge in [0.1, 0.15) is 23.5 Å². The lowest BCUT2D eigenvalue weighted by atomic mass is 9.77. The Hall–Kier alpha value is -2.00. The van der Waals surface area contributed by atoms with Crippen molar-refractivity contribution in [3.8, 4) is 17.9 Å². The highest BCUT2D eigenvalue weighted by Crippen LogP contribution is 2.36. The van der Waals surface area contributed by atoms with Crippen molar-refractivity contribution < 1.29 is 4.74 Å². The predicted octanol–water partition coefficient (Wildman–Crippen LogP) is 10.3. The molecular weight excluding hydrogens is 464 g/mol. The lowest BCUT2D eigenvalue weighted by molar-refractivity contribution is 0.228. The summed E-state index contributed by atoms with van der Waals surface area (Å²) in [4.78, 5) is 0. The van der Waals surface area contributed by atoms with E-state index in [0.717, 1.165) is 48.5 Å². The predicted molar refractivity (Wildman–Crippen MR) is 158 cm³/mol. The van der Waals surface area contributed by atoms with Gasteiger partial charge in [-0.3, -0.25) is 0 Å². The number of benzene rings is 1. The Morgan fingerprint density at radius 3 is 1.58 bits per heavy atom. The van der Waals surface area contributed by atoms with Gasteiger partial charge in [-0.1, -0.05) is 123 Å². The molecule has 1 aromatic carbocycles. The number of nitrogens with zero attached hydrogens (tertiary/aromatic N) is 2. The molecule has 1 aromatic rings. The van der Waals surface area contributed by atoms with Crippen molar-refractivity contribution in [2.45, 2.75) is 142 Å². The van der Waals surface area contributed by atoms with Gasteiger partial charge in [0, 0.05) is 0 Å². The Morgan fingerprint density at radius 1 is 0.632 bits per heavy atom. The Morgan fingerprint density at radius 2 is 1.11 bits per heavy atom. The number of rotatable bonds is 16. The molecule has 0 N–H and O–H groups in total. The van der Waals surface area contributed by atoms with E-state index in [-0.39, 0.29) is 0 Å². The zero-order valence-corrected chi connectivity index (χ0v) is 24.6. The molecule has 0 saturated heterocycles. The summed E-state index contributed by atoms with van der Waals surface area (Å²) in [6.45, 7) is 5.21. The third kappa shape index (κ3) is 9.95. The maximum Gasteiger partial charge on any atom is 0.138 e. The molecule has 3 rings (SSSR count). The first-order chi connectivity index (χ1) is 18.7. The highest BCUT2D eigenvalue weighted by molar-refractivity contribution is 5.57. The summed E-state index contributed by atoms with van der Waals surface area (Å²) < 4.78 is 6.08. The molecule has 2 aliphatic carbocycles. The number of hydrogen-bond acceptors (Lipinski definition) is 3. The van der Waals surface area contributed by atoms with Gasteiger partial charge in [-0.2, -0.15) is 10.5 Å². The van der Waals surface area contributed by atoms with Gasteiger partial charge in [0.2, 0.25) is 0 Å². The molecule has 0 bridgehead atoms. The van der Waals surface area contributed by atoms with Crippen LogP contribution in [0.3, 0.4) is 0 Å². The quantitative estimate of drug-likeness (QED) is 0.204. The van der Waals surface area contributed by atoms with Crippen LogP contribution in [0.5, 0.6) is 5.75 Å². The van der Waals surface area contributed by atoms with E-state index in [1.165, 1.54) is 109 Å². The van der Waals surface area contributed by atoms with E-state index in [0.29, 0.717) is 23.5 Å². The zero-order chi connectivity index (χ0) is 27.0. The average Bonchev–Trinajstić information content (AvgIpc) is 2.95. The fourth-order valence-corrected chi connectivity index (χ4v) is 7.09. The first kappa shape index (κ1) is 30.5. The highest BCUT2D eigenvalue weighted by Gasteiger charge is 2.23. The molecule has 0 aliphatic heterocycles. The van der Waals surface area contributed by atoms with E-state index in [4.69, 9.17) is 4.74 Å². The summed E-state index contributed by atoms with van der Waals surface area (Å²) in [5.74, 6) is 4.08. The Labute approximate surface area is 234 Å². The molecule has 0 unspecified atom stereocenters. The minimum Gasteiger partial charge on any atom is -0.492 e. The van der Waals surface area contributed by atoms with Gasteiger partial charge in [0.15, 0.2) is 0 Å². The SMILES string of the molecule is CCCCC[C@H]1CC[C@H](CCCOc2ccc(CC[C@H]3CC[C@H](CCCCC)CC3)c(C#N)c2C#N)CC1. The van der Waals surface area contributed by atoms with E-state index in [1.807, 2.05) is 12.1 Å². The summed E-state index contributed by atoms with van der Waals surface area (Å²) in [6, 6.07) is 8.62. The molecule has 2 aliphatic rings. The molecule has 2 saturated carbocycles. The Balaban J connectivity index is 1.40.